The fourth-order valence-electron chi connectivity index (χ4n) is 2.86. The van der Waals surface area contributed by atoms with Crippen molar-refractivity contribution in [3.63, 3.8) is 0 Å². The number of aromatic nitrogens is 2. The maximum absolute atomic E-state index is 12.4. The van der Waals surface area contributed by atoms with Gasteiger partial charge in [-0.25, -0.2) is 9.97 Å². The van der Waals surface area contributed by atoms with Crippen molar-refractivity contribution in [2.24, 2.45) is 0 Å². The Labute approximate surface area is 165 Å². The van der Waals surface area contributed by atoms with Crippen LogP contribution in [0.3, 0.4) is 0 Å². The molecule has 1 N–H and O–H groups in total. The quantitative estimate of drug-likeness (QED) is 0.654. The van der Waals surface area contributed by atoms with E-state index in [-0.39, 0.29) is 5.91 Å². The lowest BCUT2D eigenvalue weighted by Gasteiger charge is -2.18. The summed E-state index contributed by atoms with van der Waals surface area (Å²) in [5.74, 6) is 1.31. The van der Waals surface area contributed by atoms with Crippen LogP contribution < -0.4 is 15.0 Å². The van der Waals surface area contributed by atoms with Gasteiger partial charge in [0.1, 0.15) is 23.6 Å². The van der Waals surface area contributed by atoms with Gasteiger partial charge in [-0.05, 0) is 29.7 Å². The zero-order valence-electron chi connectivity index (χ0n) is 16.1. The highest BCUT2D eigenvalue weighted by atomic mass is 16.5. The SMILES string of the molecule is COc1cccc(CCNC(=O)c2cc(N(C)Cc3ccccc3)ncn2)c1. The summed E-state index contributed by atoms with van der Waals surface area (Å²) >= 11 is 0. The summed E-state index contributed by atoms with van der Waals surface area (Å²) in [6, 6.07) is 19.6. The number of nitrogens with zero attached hydrogens (tertiary/aromatic N) is 3. The molecule has 144 valence electrons. The number of amides is 1. The van der Waals surface area contributed by atoms with Crippen molar-refractivity contribution in [1.82, 2.24) is 15.3 Å². The topological polar surface area (TPSA) is 67.3 Å². The summed E-state index contributed by atoms with van der Waals surface area (Å²) in [6.45, 7) is 1.22. The Hall–Kier alpha value is -3.41. The minimum Gasteiger partial charge on any atom is -0.497 e. The molecule has 0 aliphatic heterocycles. The number of hydrogen-bond donors (Lipinski definition) is 1. The Kier molecular flexibility index (Phi) is 6.57. The van der Waals surface area contributed by atoms with Gasteiger partial charge in [-0.1, -0.05) is 42.5 Å². The molecule has 0 saturated carbocycles. The summed E-state index contributed by atoms with van der Waals surface area (Å²) in [5.41, 5.74) is 2.63. The second kappa shape index (κ2) is 9.50. The Balaban J connectivity index is 1.57. The highest BCUT2D eigenvalue weighted by Gasteiger charge is 2.11. The van der Waals surface area contributed by atoms with Gasteiger partial charge in [0.15, 0.2) is 0 Å². The van der Waals surface area contributed by atoms with Crippen LogP contribution in [0.25, 0.3) is 0 Å². The molecule has 0 unspecified atom stereocenters. The number of carbonyl (C=O) groups excluding carboxylic acids is 1. The van der Waals surface area contributed by atoms with Crippen molar-refractivity contribution in [2.75, 3.05) is 25.6 Å². The lowest BCUT2D eigenvalue weighted by atomic mass is 10.1. The van der Waals surface area contributed by atoms with Gasteiger partial charge >= 0.3 is 0 Å². The molecule has 0 atom stereocenters. The minimum atomic E-state index is -0.209. The second-order valence-electron chi connectivity index (χ2n) is 6.46. The Morgan fingerprint density at radius 3 is 2.61 bits per heavy atom. The van der Waals surface area contributed by atoms with Crippen LogP contribution in [0.5, 0.6) is 5.75 Å². The summed E-state index contributed by atoms with van der Waals surface area (Å²) in [5, 5.41) is 2.91. The van der Waals surface area contributed by atoms with Gasteiger partial charge in [0, 0.05) is 26.2 Å². The molecule has 3 aromatic rings. The normalized spacial score (nSPS) is 10.4. The summed E-state index contributed by atoms with van der Waals surface area (Å²) in [7, 11) is 3.59. The molecular formula is C22H24N4O2. The van der Waals surface area contributed by atoms with Gasteiger partial charge in [-0.15, -0.1) is 0 Å². The van der Waals surface area contributed by atoms with E-state index in [0.29, 0.717) is 24.6 Å². The van der Waals surface area contributed by atoms with Gasteiger partial charge in [-0.2, -0.15) is 0 Å². The third-order valence-electron chi connectivity index (χ3n) is 4.37. The van der Waals surface area contributed by atoms with Crippen molar-refractivity contribution in [3.05, 3.63) is 83.8 Å². The monoisotopic (exact) mass is 376 g/mol. The van der Waals surface area contributed by atoms with Crippen molar-refractivity contribution in [2.45, 2.75) is 13.0 Å². The highest BCUT2D eigenvalue weighted by Crippen LogP contribution is 2.14. The van der Waals surface area contributed by atoms with E-state index >= 15 is 0 Å². The number of methoxy groups -OCH3 is 1. The first-order chi connectivity index (χ1) is 13.7. The van der Waals surface area contributed by atoms with Gasteiger partial charge in [-0.3, -0.25) is 4.79 Å². The standard InChI is InChI=1S/C22H24N4O2/c1-26(15-18-7-4-3-5-8-18)21-14-20(24-16-25-21)22(27)23-12-11-17-9-6-10-19(13-17)28-2/h3-10,13-14,16H,11-12,15H2,1-2H3,(H,23,27). The van der Waals surface area contributed by atoms with Crippen molar-refractivity contribution in [1.29, 1.82) is 0 Å². The van der Waals surface area contributed by atoms with Crippen LogP contribution in [0, 0.1) is 0 Å². The average molecular weight is 376 g/mol. The van der Waals surface area contributed by atoms with Crippen LogP contribution >= 0.6 is 0 Å². The molecule has 1 aromatic heterocycles. The second-order valence-corrected chi connectivity index (χ2v) is 6.46. The predicted octanol–water partition coefficient (Wildman–Crippen LogP) is 3.09. The largest absolute Gasteiger partial charge is 0.497 e. The predicted molar refractivity (Wildman–Crippen MR) is 110 cm³/mol. The molecular weight excluding hydrogens is 352 g/mol. The molecule has 6 heteroatoms. The van der Waals surface area contributed by atoms with E-state index in [1.54, 1.807) is 13.2 Å². The first-order valence-corrected chi connectivity index (χ1v) is 9.14. The molecule has 2 aromatic carbocycles. The van der Waals surface area contributed by atoms with E-state index in [1.165, 1.54) is 11.9 Å². The van der Waals surface area contributed by atoms with Crippen LogP contribution in [0.2, 0.25) is 0 Å². The maximum atomic E-state index is 12.4. The van der Waals surface area contributed by atoms with Crippen molar-refractivity contribution in [3.8, 4) is 5.75 Å². The van der Waals surface area contributed by atoms with Gasteiger partial charge < -0.3 is 15.0 Å². The van der Waals surface area contributed by atoms with E-state index in [0.717, 1.165) is 17.7 Å². The molecule has 0 bridgehead atoms. The number of rotatable bonds is 8. The number of anilines is 1. The van der Waals surface area contributed by atoms with E-state index in [2.05, 4.69) is 27.4 Å². The fourth-order valence-corrected chi connectivity index (χ4v) is 2.86. The van der Waals surface area contributed by atoms with Gasteiger partial charge in [0.25, 0.3) is 5.91 Å². The van der Waals surface area contributed by atoms with Gasteiger partial charge in [0.05, 0.1) is 7.11 Å². The van der Waals surface area contributed by atoms with E-state index in [9.17, 15) is 4.79 Å². The zero-order valence-corrected chi connectivity index (χ0v) is 16.1. The lowest BCUT2D eigenvalue weighted by molar-refractivity contribution is 0.0949. The molecule has 0 spiro atoms. The smallest absolute Gasteiger partial charge is 0.270 e. The number of carbonyl (C=O) groups is 1. The highest BCUT2D eigenvalue weighted by molar-refractivity contribution is 5.92. The Morgan fingerprint density at radius 1 is 1.04 bits per heavy atom. The van der Waals surface area contributed by atoms with Crippen molar-refractivity contribution < 1.29 is 9.53 Å². The third-order valence-corrected chi connectivity index (χ3v) is 4.37. The Bertz CT molecular complexity index is 915. The van der Waals surface area contributed by atoms with Crippen molar-refractivity contribution >= 4 is 11.7 Å². The number of benzene rings is 2. The van der Waals surface area contributed by atoms with Crippen LogP contribution in [-0.4, -0.2) is 36.6 Å². The molecule has 0 fully saturated rings. The van der Waals surface area contributed by atoms with Crippen LogP contribution in [0.4, 0.5) is 5.82 Å². The lowest BCUT2D eigenvalue weighted by Crippen LogP contribution is -2.27. The zero-order chi connectivity index (χ0) is 19.8. The molecule has 1 amide bonds. The summed E-state index contributed by atoms with van der Waals surface area (Å²) in [4.78, 5) is 22.8. The first-order valence-electron chi connectivity index (χ1n) is 9.14. The maximum Gasteiger partial charge on any atom is 0.270 e. The van der Waals surface area contributed by atoms with Crippen LogP contribution in [-0.2, 0) is 13.0 Å². The number of ether oxygens (including phenoxy) is 1. The summed E-state index contributed by atoms with van der Waals surface area (Å²) in [6.07, 6.45) is 2.14. The summed E-state index contributed by atoms with van der Waals surface area (Å²) < 4.78 is 5.22. The van der Waals surface area contributed by atoms with Crippen LogP contribution in [0.15, 0.2) is 67.0 Å². The van der Waals surface area contributed by atoms with Crippen LogP contribution in [0.1, 0.15) is 21.6 Å². The number of nitrogens with one attached hydrogen (secondary N) is 1. The molecule has 3 rings (SSSR count). The average Bonchev–Trinajstić information content (AvgIpc) is 2.74. The molecule has 0 saturated heterocycles. The first kappa shape index (κ1) is 19.4. The Morgan fingerprint density at radius 2 is 1.82 bits per heavy atom. The molecule has 6 nitrogen and oxygen atoms in total. The number of hydrogen-bond acceptors (Lipinski definition) is 5. The van der Waals surface area contributed by atoms with E-state index < -0.39 is 0 Å². The molecule has 0 aliphatic rings. The molecule has 28 heavy (non-hydrogen) atoms. The minimum absolute atomic E-state index is 0.209. The third kappa shape index (κ3) is 5.30. The van der Waals surface area contributed by atoms with E-state index in [1.807, 2.05) is 54.4 Å². The van der Waals surface area contributed by atoms with E-state index in [4.69, 9.17) is 4.74 Å². The fraction of sp³-hybridized carbons (Fsp3) is 0.227. The van der Waals surface area contributed by atoms with Gasteiger partial charge in [0.2, 0.25) is 0 Å². The molecule has 0 radical (unpaired) electrons. The molecule has 1 heterocycles. The molecule has 0 aliphatic carbocycles.